The Morgan fingerprint density at radius 1 is 1.28 bits per heavy atom. The molecule has 0 radical (unpaired) electrons. The lowest BCUT2D eigenvalue weighted by atomic mass is 9.91. The average molecular weight is 253 g/mol. The van der Waals surface area contributed by atoms with Gasteiger partial charge in [-0.3, -0.25) is 19.8 Å². The van der Waals surface area contributed by atoms with Crippen LogP contribution in [-0.4, -0.2) is 53.8 Å². The third kappa shape index (κ3) is 2.12. The maximum atomic E-state index is 12.3. The van der Waals surface area contributed by atoms with Gasteiger partial charge in [0.05, 0.1) is 6.04 Å². The van der Waals surface area contributed by atoms with Crippen LogP contribution in [-0.2, 0) is 9.59 Å². The van der Waals surface area contributed by atoms with Crippen molar-refractivity contribution in [3.05, 3.63) is 0 Å². The lowest BCUT2D eigenvalue weighted by Gasteiger charge is -2.35. The molecule has 18 heavy (non-hydrogen) atoms. The molecule has 6 heteroatoms. The Kier molecular flexibility index (Phi) is 3.38. The van der Waals surface area contributed by atoms with Crippen LogP contribution in [0, 0.1) is 11.8 Å². The van der Waals surface area contributed by atoms with E-state index in [9.17, 15) is 14.4 Å². The molecule has 4 amide bonds. The van der Waals surface area contributed by atoms with Gasteiger partial charge < -0.3 is 4.90 Å². The van der Waals surface area contributed by atoms with Crippen LogP contribution in [0.15, 0.2) is 0 Å². The number of carbonyl (C=O) groups excluding carboxylic acids is 3. The van der Waals surface area contributed by atoms with E-state index in [1.54, 1.807) is 0 Å². The van der Waals surface area contributed by atoms with E-state index in [2.05, 4.69) is 10.2 Å². The minimum Gasteiger partial charge on any atom is -0.304 e. The van der Waals surface area contributed by atoms with Crippen molar-refractivity contribution < 1.29 is 14.4 Å². The lowest BCUT2D eigenvalue weighted by Crippen LogP contribution is -2.62. The molecule has 2 rings (SSSR count). The number of amides is 4. The fraction of sp³-hybridized carbons (Fsp3) is 0.750. The highest BCUT2D eigenvalue weighted by Crippen LogP contribution is 2.24. The predicted octanol–water partition coefficient (Wildman–Crippen LogP) is 0.0411. The monoisotopic (exact) mass is 253 g/mol. The summed E-state index contributed by atoms with van der Waals surface area (Å²) in [7, 11) is 1.96. The first-order chi connectivity index (χ1) is 8.41. The zero-order valence-electron chi connectivity index (χ0n) is 11.0. The molecule has 2 fully saturated rings. The average Bonchev–Trinajstić information content (AvgIpc) is 2.63. The summed E-state index contributed by atoms with van der Waals surface area (Å²) in [6.45, 7) is 5.17. The van der Waals surface area contributed by atoms with Crippen LogP contribution in [0.4, 0.5) is 4.79 Å². The Balaban J connectivity index is 2.21. The fourth-order valence-electron chi connectivity index (χ4n) is 2.66. The molecule has 0 saturated carbocycles. The summed E-state index contributed by atoms with van der Waals surface area (Å²) in [4.78, 5) is 39.2. The standard InChI is InChI=1S/C12H19N3O3/c1-7(2)9-10(16)13-12(18)15(11(9)17)8-4-5-14(3)6-8/h7-9H,4-6H2,1-3H3,(H,13,16,18). The molecule has 0 aliphatic carbocycles. The van der Waals surface area contributed by atoms with Gasteiger partial charge >= 0.3 is 6.03 Å². The molecule has 0 aromatic rings. The van der Waals surface area contributed by atoms with Crippen molar-refractivity contribution >= 4 is 17.8 Å². The zero-order valence-corrected chi connectivity index (χ0v) is 11.0. The second-order valence-electron chi connectivity index (χ2n) is 5.43. The summed E-state index contributed by atoms with van der Waals surface area (Å²) in [6.07, 6.45) is 0.772. The van der Waals surface area contributed by atoms with Gasteiger partial charge in [0.25, 0.3) is 0 Å². The van der Waals surface area contributed by atoms with Crippen molar-refractivity contribution in [2.75, 3.05) is 20.1 Å². The number of hydrogen-bond acceptors (Lipinski definition) is 4. The molecule has 100 valence electrons. The van der Waals surface area contributed by atoms with Crippen LogP contribution >= 0.6 is 0 Å². The van der Waals surface area contributed by atoms with Crippen molar-refractivity contribution in [1.29, 1.82) is 0 Å². The first-order valence-corrected chi connectivity index (χ1v) is 6.28. The smallest absolute Gasteiger partial charge is 0.304 e. The Morgan fingerprint density at radius 3 is 2.44 bits per heavy atom. The van der Waals surface area contributed by atoms with E-state index in [1.165, 1.54) is 4.90 Å². The fourth-order valence-corrected chi connectivity index (χ4v) is 2.66. The number of likely N-dealkylation sites (tertiary alicyclic amines) is 1. The van der Waals surface area contributed by atoms with Gasteiger partial charge in [0, 0.05) is 6.54 Å². The molecule has 0 aromatic heterocycles. The van der Waals surface area contributed by atoms with Gasteiger partial charge in [-0.05, 0) is 25.9 Å². The first kappa shape index (κ1) is 13.0. The highest BCUT2D eigenvalue weighted by molar-refractivity contribution is 6.16. The molecule has 2 heterocycles. The topological polar surface area (TPSA) is 69.7 Å². The van der Waals surface area contributed by atoms with Gasteiger partial charge in [0.1, 0.15) is 5.92 Å². The van der Waals surface area contributed by atoms with Gasteiger partial charge in [0.2, 0.25) is 11.8 Å². The van der Waals surface area contributed by atoms with E-state index in [-0.39, 0.29) is 17.9 Å². The minimum absolute atomic E-state index is 0.104. The molecule has 2 aliphatic rings. The molecule has 0 bridgehead atoms. The molecule has 2 atom stereocenters. The summed E-state index contributed by atoms with van der Waals surface area (Å²) in [5, 5.41) is 2.29. The van der Waals surface area contributed by atoms with Gasteiger partial charge in [-0.25, -0.2) is 4.79 Å². The predicted molar refractivity (Wildman–Crippen MR) is 64.6 cm³/mol. The van der Waals surface area contributed by atoms with Gasteiger partial charge in [-0.1, -0.05) is 13.8 Å². The number of carbonyl (C=O) groups is 3. The maximum Gasteiger partial charge on any atom is 0.331 e. The van der Waals surface area contributed by atoms with Gasteiger partial charge in [-0.2, -0.15) is 0 Å². The second-order valence-corrected chi connectivity index (χ2v) is 5.43. The highest BCUT2D eigenvalue weighted by Gasteiger charge is 2.45. The van der Waals surface area contributed by atoms with Crippen molar-refractivity contribution in [2.24, 2.45) is 11.8 Å². The number of nitrogens with zero attached hydrogens (tertiary/aromatic N) is 2. The largest absolute Gasteiger partial charge is 0.331 e. The summed E-state index contributed by atoms with van der Waals surface area (Å²) in [5.41, 5.74) is 0. The quantitative estimate of drug-likeness (QED) is 0.705. The summed E-state index contributed by atoms with van der Waals surface area (Å²) >= 11 is 0. The number of nitrogens with one attached hydrogen (secondary N) is 1. The molecule has 2 unspecified atom stereocenters. The van der Waals surface area contributed by atoms with Crippen LogP contribution in [0.5, 0.6) is 0 Å². The van der Waals surface area contributed by atoms with Crippen LogP contribution in [0.3, 0.4) is 0 Å². The Labute approximate surface area is 106 Å². The number of imide groups is 2. The highest BCUT2D eigenvalue weighted by atomic mass is 16.2. The van der Waals surface area contributed by atoms with Crippen molar-refractivity contribution in [1.82, 2.24) is 15.1 Å². The second kappa shape index (κ2) is 4.68. The molecular weight excluding hydrogens is 234 g/mol. The van der Waals surface area contributed by atoms with Crippen molar-refractivity contribution in [2.45, 2.75) is 26.3 Å². The third-order valence-electron chi connectivity index (χ3n) is 3.63. The molecule has 2 aliphatic heterocycles. The Morgan fingerprint density at radius 2 is 1.94 bits per heavy atom. The van der Waals surface area contributed by atoms with Crippen LogP contribution in [0.2, 0.25) is 0 Å². The van der Waals surface area contributed by atoms with E-state index < -0.39 is 17.9 Å². The van der Waals surface area contributed by atoms with E-state index in [0.717, 1.165) is 13.0 Å². The van der Waals surface area contributed by atoms with E-state index >= 15 is 0 Å². The molecular formula is C12H19N3O3. The lowest BCUT2D eigenvalue weighted by molar-refractivity contribution is -0.145. The summed E-state index contributed by atoms with van der Waals surface area (Å²) in [5.74, 6) is -1.66. The van der Waals surface area contributed by atoms with Crippen molar-refractivity contribution in [3.63, 3.8) is 0 Å². The zero-order chi connectivity index (χ0) is 13.4. The number of barbiturate groups is 1. The number of likely N-dealkylation sites (N-methyl/N-ethyl adjacent to an activating group) is 1. The minimum atomic E-state index is -0.742. The number of rotatable bonds is 2. The van der Waals surface area contributed by atoms with E-state index in [4.69, 9.17) is 0 Å². The molecule has 0 spiro atoms. The van der Waals surface area contributed by atoms with E-state index in [0.29, 0.717) is 6.54 Å². The van der Waals surface area contributed by atoms with Crippen LogP contribution in [0.1, 0.15) is 20.3 Å². The maximum absolute atomic E-state index is 12.3. The van der Waals surface area contributed by atoms with Gasteiger partial charge in [0.15, 0.2) is 0 Å². The Bertz CT molecular complexity index is 394. The molecule has 1 N–H and O–H groups in total. The number of hydrogen-bond donors (Lipinski definition) is 1. The van der Waals surface area contributed by atoms with Crippen LogP contribution in [0.25, 0.3) is 0 Å². The SMILES string of the molecule is CC(C)C1C(=O)NC(=O)N(C2CCN(C)C2)C1=O. The molecule has 2 saturated heterocycles. The normalized spacial score (nSPS) is 30.2. The van der Waals surface area contributed by atoms with Crippen LogP contribution < -0.4 is 5.32 Å². The molecule has 6 nitrogen and oxygen atoms in total. The van der Waals surface area contributed by atoms with Crippen molar-refractivity contribution in [3.8, 4) is 0 Å². The first-order valence-electron chi connectivity index (χ1n) is 6.28. The van der Waals surface area contributed by atoms with E-state index in [1.807, 2.05) is 20.9 Å². The Hall–Kier alpha value is -1.43. The number of urea groups is 1. The van der Waals surface area contributed by atoms with Gasteiger partial charge in [-0.15, -0.1) is 0 Å². The third-order valence-corrected chi connectivity index (χ3v) is 3.63. The molecule has 0 aromatic carbocycles. The summed E-state index contributed by atoms with van der Waals surface area (Å²) < 4.78 is 0. The summed E-state index contributed by atoms with van der Waals surface area (Å²) in [6, 6.07) is -0.681.